The molecule has 0 saturated heterocycles. The minimum Gasteiger partial charge on any atom is -0.390 e. The number of carbonyl (C=O) groups is 2. The minimum absolute atomic E-state index is 0.167. The van der Waals surface area contributed by atoms with E-state index >= 15 is 0 Å². The number of benzene rings is 3. The monoisotopic (exact) mass is 529 g/mol. The van der Waals surface area contributed by atoms with Gasteiger partial charge in [-0.3, -0.25) is 19.5 Å². The van der Waals surface area contributed by atoms with Gasteiger partial charge in [-0.1, -0.05) is 72.8 Å². The normalized spacial score (nSPS) is 16.6. The van der Waals surface area contributed by atoms with Gasteiger partial charge >= 0.3 is 0 Å². The van der Waals surface area contributed by atoms with Gasteiger partial charge in [0.25, 0.3) is 5.91 Å². The number of aliphatic hydroxyl groups is 1. The first-order chi connectivity index (χ1) is 19.6. The highest BCUT2D eigenvalue weighted by molar-refractivity contribution is 6.09. The number of hydrogen-bond donors (Lipinski definition) is 3. The van der Waals surface area contributed by atoms with Crippen molar-refractivity contribution >= 4 is 17.5 Å². The average molecular weight is 530 g/mol. The smallest absolute Gasteiger partial charge is 0.279 e. The Labute approximate surface area is 231 Å². The molecule has 1 aliphatic rings. The van der Waals surface area contributed by atoms with Crippen LogP contribution in [0.15, 0.2) is 116 Å². The van der Waals surface area contributed by atoms with Gasteiger partial charge in [-0.05, 0) is 40.5 Å². The first kappa shape index (κ1) is 25.2. The van der Waals surface area contributed by atoms with E-state index in [1.807, 2.05) is 78.9 Å². The van der Waals surface area contributed by atoms with Crippen LogP contribution in [0.25, 0.3) is 11.1 Å². The molecule has 2 heterocycles. The van der Waals surface area contributed by atoms with E-state index in [1.54, 1.807) is 24.5 Å². The fourth-order valence-electron chi connectivity index (χ4n) is 5.26. The van der Waals surface area contributed by atoms with Crippen molar-refractivity contribution in [2.45, 2.75) is 24.6 Å². The highest BCUT2D eigenvalue weighted by atomic mass is 16.3. The summed E-state index contributed by atoms with van der Waals surface area (Å²) in [4.78, 5) is 40.8. The number of pyridine rings is 1. The van der Waals surface area contributed by atoms with E-state index in [9.17, 15) is 14.7 Å². The van der Waals surface area contributed by atoms with Gasteiger partial charge < -0.3 is 15.4 Å². The second-order valence-corrected chi connectivity index (χ2v) is 9.69. The lowest BCUT2D eigenvalue weighted by molar-refractivity contribution is -0.124. The van der Waals surface area contributed by atoms with Crippen LogP contribution >= 0.6 is 0 Å². The van der Waals surface area contributed by atoms with Crippen molar-refractivity contribution in [3.63, 3.8) is 0 Å². The zero-order valence-electron chi connectivity index (χ0n) is 21.5. The lowest BCUT2D eigenvalue weighted by Gasteiger charge is -2.32. The van der Waals surface area contributed by atoms with Gasteiger partial charge in [0.15, 0.2) is 0 Å². The number of aromatic amines is 1. The summed E-state index contributed by atoms with van der Waals surface area (Å²) in [6.07, 6.45) is 5.78. The van der Waals surface area contributed by atoms with Crippen LogP contribution in [0.5, 0.6) is 0 Å². The van der Waals surface area contributed by atoms with Crippen LogP contribution in [0, 0.1) is 0 Å². The van der Waals surface area contributed by atoms with E-state index in [1.165, 1.54) is 17.4 Å². The molecule has 0 radical (unpaired) electrons. The van der Waals surface area contributed by atoms with Gasteiger partial charge in [-0.15, -0.1) is 0 Å². The van der Waals surface area contributed by atoms with Gasteiger partial charge in [0, 0.05) is 36.3 Å². The topological polar surface area (TPSA) is 111 Å². The number of H-pyrrole nitrogens is 1. The van der Waals surface area contributed by atoms with Crippen molar-refractivity contribution in [3.8, 4) is 11.1 Å². The van der Waals surface area contributed by atoms with E-state index in [0.717, 1.165) is 22.3 Å². The van der Waals surface area contributed by atoms with Gasteiger partial charge in [0.05, 0.1) is 18.5 Å². The van der Waals surface area contributed by atoms with Crippen LogP contribution < -0.4 is 10.2 Å². The first-order valence-electron chi connectivity index (χ1n) is 13.0. The molecular formula is C32H27N5O3. The summed E-state index contributed by atoms with van der Waals surface area (Å²) < 4.78 is 0. The molecule has 0 saturated carbocycles. The van der Waals surface area contributed by atoms with E-state index in [4.69, 9.17) is 0 Å². The third-order valence-electron chi connectivity index (χ3n) is 7.20. The van der Waals surface area contributed by atoms with Crippen molar-refractivity contribution in [3.05, 3.63) is 138 Å². The Morgan fingerprint density at radius 1 is 0.925 bits per heavy atom. The summed E-state index contributed by atoms with van der Waals surface area (Å²) in [6, 6.07) is 26.9. The Morgan fingerprint density at radius 3 is 2.40 bits per heavy atom. The van der Waals surface area contributed by atoms with E-state index in [0.29, 0.717) is 17.7 Å². The molecule has 198 valence electrons. The number of imidazole rings is 1. The standard InChI is InChI=1S/C32H27N5O3/c38-28-17-23-9-4-5-11-26(23)29(28)36-31(39)30(24-10-6-16-33-18-24)37(32(40)27-19-34-20-35-27)25-14-12-22(13-15-25)21-7-2-1-3-8-21/h1-16,18-20,28-30,38H,17H2,(H,34,35)(H,36,39)/t28-,29+,30?/m0/s1. The highest BCUT2D eigenvalue weighted by Crippen LogP contribution is 2.35. The highest BCUT2D eigenvalue weighted by Gasteiger charge is 2.38. The number of amides is 2. The van der Waals surface area contributed by atoms with Crippen molar-refractivity contribution in [1.29, 1.82) is 0 Å². The molecule has 3 N–H and O–H groups in total. The molecule has 6 rings (SSSR count). The maximum absolute atomic E-state index is 14.2. The fourth-order valence-corrected chi connectivity index (χ4v) is 5.26. The van der Waals surface area contributed by atoms with Gasteiger partial charge in [0.1, 0.15) is 11.7 Å². The van der Waals surface area contributed by atoms with Crippen LogP contribution in [0.4, 0.5) is 5.69 Å². The third kappa shape index (κ3) is 4.88. The number of aromatic nitrogens is 3. The summed E-state index contributed by atoms with van der Waals surface area (Å²) >= 11 is 0. The second kappa shape index (κ2) is 11.0. The summed E-state index contributed by atoms with van der Waals surface area (Å²) in [7, 11) is 0. The molecule has 2 amide bonds. The minimum atomic E-state index is -1.08. The van der Waals surface area contributed by atoms with Crippen molar-refractivity contribution in [1.82, 2.24) is 20.3 Å². The Hall–Kier alpha value is -5.08. The van der Waals surface area contributed by atoms with Crippen LogP contribution in [-0.4, -0.2) is 38.0 Å². The molecule has 40 heavy (non-hydrogen) atoms. The SMILES string of the molecule is O=C(N[C@@H]1c2ccccc2C[C@@H]1O)C(c1cccnc1)N(C(=O)c1c[nH]cn1)c1ccc(-c2ccccc2)cc1. The molecule has 5 aromatic rings. The number of rotatable bonds is 7. The molecule has 0 aliphatic heterocycles. The van der Waals surface area contributed by atoms with Gasteiger partial charge in [0.2, 0.25) is 5.91 Å². The maximum atomic E-state index is 14.2. The molecule has 2 aromatic heterocycles. The van der Waals surface area contributed by atoms with Crippen molar-refractivity contribution in [2.75, 3.05) is 4.90 Å². The lowest BCUT2D eigenvalue weighted by Crippen LogP contribution is -2.46. The Balaban J connectivity index is 1.42. The number of nitrogens with one attached hydrogen (secondary N) is 2. The molecule has 0 bridgehead atoms. The molecule has 8 nitrogen and oxygen atoms in total. The molecule has 8 heteroatoms. The van der Waals surface area contributed by atoms with Gasteiger partial charge in [-0.2, -0.15) is 0 Å². The number of aliphatic hydroxyl groups excluding tert-OH is 1. The zero-order valence-corrected chi connectivity index (χ0v) is 21.5. The lowest BCUT2D eigenvalue weighted by atomic mass is 10.0. The van der Waals surface area contributed by atoms with E-state index < -0.39 is 30.0 Å². The quantitative estimate of drug-likeness (QED) is 0.285. The third-order valence-corrected chi connectivity index (χ3v) is 7.20. The zero-order chi connectivity index (χ0) is 27.5. The van der Waals surface area contributed by atoms with Gasteiger partial charge in [-0.25, -0.2) is 4.98 Å². The Morgan fingerprint density at radius 2 is 1.68 bits per heavy atom. The van der Waals surface area contributed by atoms with Crippen molar-refractivity contribution < 1.29 is 14.7 Å². The predicted molar refractivity (Wildman–Crippen MR) is 151 cm³/mol. The number of anilines is 1. The molecule has 1 aliphatic carbocycles. The first-order valence-corrected chi connectivity index (χ1v) is 13.0. The molecule has 0 spiro atoms. The Kier molecular flexibility index (Phi) is 6.91. The predicted octanol–water partition coefficient (Wildman–Crippen LogP) is 4.63. The second-order valence-electron chi connectivity index (χ2n) is 9.69. The summed E-state index contributed by atoms with van der Waals surface area (Å²) in [5.41, 5.74) is 5.07. The number of nitrogens with zero attached hydrogens (tertiary/aromatic N) is 3. The fraction of sp³-hybridized carbons (Fsp3) is 0.125. The number of carbonyl (C=O) groups excluding carboxylic acids is 2. The van der Waals surface area contributed by atoms with E-state index in [-0.39, 0.29) is 5.69 Å². The van der Waals surface area contributed by atoms with Crippen LogP contribution in [-0.2, 0) is 11.2 Å². The molecular weight excluding hydrogens is 502 g/mol. The number of fused-ring (bicyclic) bond motifs is 1. The summed E-state index contributed by atoms with van der Waals surface area (Å²) in [5, 5.41) is 13.9. The van der Waals surface area contributed by atoms with Crippen LogP contribution in [0.1, 0.15) is 39.3 Å². The van der Waals surface area contributed by atoms with Crippen LogP contribution in [0.3, 0.4) is 0 Å². The maximum Gasteiger partial charge on any atom is 0.279 e. The Bertz CT molecular complexity index is 1610. The summed E-state index contributed by atoms with van der Waals surface area (Å²) in [6.45, 7) is 0. The molecule has 1 unspecified atom stereocenters. The largest absolute Gasteiger partial charge is 0.390 e. The average Bonchev–Trinajstić information content (AvgIpc) is 3.65. The van der Waals surface area contributed by atoms with E-state index in [2.05, 4.69) is 20.3 Å². The molecule has 3 aromatic carbocycles. The van der Waals surface area contributed by atoms with Crippen LogP contribution in [0.2, 0.25) is 0 Å². The molecule has 0 fully saturated rings. The van der Waals surface area contributed by atoms with Crippen molar-refractivity contribution in [2.24, 2.45) is 0 Å². The number of hydrogen-bond acceptors (Lipinski definition) is 5. The summed E-state index contributed by atoms with van der Waals surface area (Å²) in [5.74, 6) is -0.894. The molecule has 3 atom stereocenters.